The number of nitrogens with one attached hydrogen (secondary N) is 1. The maximum Gasteiger partial charge on any atom is 0.229 e. The van der Waals surface area contributed by atoms with Crippen molar-refractivity contribution in [2.45, 2.75) is 12.8 Å². The zero-order chi connectivity index (χ0) is 19.3. The summed E-state index contributed by atoms with van der Waals surface area (Å²) >= 11 is 0. The van der Waals surface area contributed by atoms with Crippen molar-refractivity contribution in [3.8, 4) is 5.69 Å². The van der Waals surface area contributed by atoms with Crippen LogP contribution in [0.3, 0.4) is 0 Å². The minimum atomic E-state index is 0.0904. The minimum Gasteiger partial charge on any atom is -0.396 e. The molecule has 4 aromatic rings. The zero-order valence-electron chi connectivity index (χ0n) is 15.2. The fourth-order valence-electron chi connectivity index (χ4n) is 3.00. The molecule has 0 unspecified atom stereocenters. The van der Waals surface area contributed by atoms with Crippen LogP contribution in [0.1, 0.15) is 11.1 Å². The molecule has 3 N–H and O–H groups in total. The van der Waals surface area contributed by atoms with Crippen LogP contribution in [0.15, 0.2) is 54.7 Å². The lowest BCUT2D eigenvalue weighted by Crippen LogP contribution is -2.02. The number of benzene rings is 2. The highest BCUT2D eigenvalue weighted by molar-refractivity contribution is 5.72. The summed E-state index contributed by atoms with van der Waals surface area (Å²) in [4.78, 5) is 8.89. The first-order valence-electron chi connectivity index (χ1n) is 9.02. The Morgan fingerprint density at radius 1 is 0.929 bits per heavy atom. The van der Waals surface area contributed by atoms with E-state index in [1.807, 2.05) is 48.5 Å². The quantitative estimate of drug-likeness (QED) is 0.453. The van der Waals surface area contributed by atoms with Crippen LogP contribution in [0.4, 0.5) is 11.6 Å². The maximum atomic E-state index is 9.17. The molecular weight excluding hydrogens is 356 g/mol. The number of fused-ring (bicyclic) bond motifs is 1. The first-order chi connectivity index (χ1) is 13.8. The molecule has 4 rings (SSSR count). The van der Waals surface area contributed by atoms with E-state index in [0.717, 1.165) is 22.5 Å². The molecule has 2 aromatic carbocycles. The fourth-order valence-corrected chi connectivity index (χ4v) is 3.00. The van der Waals surface area contributed by atoms with Gasteiger partial charge in [0.1, 0.15) is 0 Å². The number of anilines is 2. The summed E-state index contributed by atoms with van der Waals surface area (Å²) in [7, 11) is 0. The molecule has 0 radical (unpaired) electrons. The van der Waals surface area contributed by atoms with E-state index in [9.17, 15) is 0 Å². The van der Waals surface area contributed by atoms with Gasteiger partial charge in [-0.25, -0.2) is 4.98 Å². The Morgan fingerprint density at radius 3 is 2.46 bits per heavy atom. The lowest BCUT2D eigenvalue weighted by atomic mass is 10.1. The predicted octanol–water partition coefficient (Wildman–Crippen LogP) is 2.02. The van der Waals surface area contributed by atoms with Crippen LogP contribution in [0.25, 0.3) is 16.9 Å². The normalized spacial score (nSPS) is 11.1. The van der Waals surface area contributed by atoms with Crippen molar-refractivity contribution in [1.29, 1.82) is 0 Å². The first-order valence-corrected chi connectivity index (χ1v) is 9.02. The highest BCUT2D eigenvalue weighted by Crippen LogP contribution is 2.19. The van der Waals surface area contributed by atoms with E-state index < -0.39 is 0 Å². The zero-order valence-corrected chi connectivity index (χ0v) is 15.2. The summed E-state index contributed by atoms with van der Waals surface area (Å²) in [6, 6.07) is 15.5. The molecule has 0 fully saturated rings. The van der Waals surface area contributed by atoms with Gasteiger partial charge in [-0.1, -0.05) is 29.5 Å². The van der Waals surface area contributed by atoms with Crippen LogP contribution < -0.4 is 5.32 Å². The number of aliphatic hydroxyl groups is 2. The predicted molar refractivity (Wildman–Crippen MR) is 106 cm³/mol. The minimum absolute atomic E-state index is 0.0904. The molecule has 0 aliphatic carbocycles. The Kier molecular flexibility index (Phi) is 5.22. The number of aliphatic hydroxyl groups excluding tert-OH is 2. The highest BCUT2D eigenvalue weighted by atomic mass is 16.3. The number of nitrogens with zero attached hydrogens (tertiary/aromatic N) is 5. The average Bonchev–Trinajstić information content (AvgIpc) is 3.12. The van der Waals surface area contributed by atoms with E-state index in [2.05, 4.69) is 25.6 Å². The molecule has 0 spiro atoms. The topological polar surface area (TPSA) is 109 Å². The van der Waals surface area contributed by atoms with E-state index in [0.29, 0.717) is 30.0 Å². The molecule has 0 saturated heterocycles. The number of hydrogen-bond acceptors (Lipinski definition) is 7. The maximum absolute atomic E-state index is 9.17. The molecule has 28 heavy (non-hydrogen) atoms. The third kappa shape index (κ3) is 3.83. The first kappa shape index (κ1) is 18.0. The van der Waals surface area contributed by atoms with Crippen molar-refractivity contribution in [2.75, 3.05) is 18.5 Å². The van der Waals surface area contributed by atoms with Crippen molar-refractivity contribution >= 4 is 22.8 Å². The van der Waals surface area contributed by atoms with E-state index in [1.54, 1.807) is 10.9 Å². The number of hydrogen-bond donors (Lipinski definition) is 3. The van der Waals surface area contributed by atoms with Crippen LogP contribution in [-0.4, -0.2) is 48.4 Å². The van der Waals surface area contributed by atoms with Crippen LogP contribution in [0.5, 0.6) is 0 Å². The van der Waals surface area contributed by atoms with Crippen LogP contribution in [0.2, 0.25) is 0 Å². The van der Waals surface area contributed by atoms with Gasteiger partial charge in [0.2, 0.25) is 5.95 Å². The third-order valence-corrected chi connectivity index (χ3v) is 4.33. The summed E-state index contributed by atoms with van der Waals surface area (Å²) < 4.78 is 1.66. The lowest BCUT2D eigenvalue weighted by Gasteiger charge is -2.08. The van der Waals surface area contributed by atoms with Crippen molar-refractivity contribution in [3.05, 3.63) is 65.9 Å². The third-order valence-electron chi connectivity index (χ3n) is 4.33. The van der Waals surface area contributed by atoms with Crippen molar-refractivity contribution < 1.29 is 10.2 Å². The molecule has 142 valence electrons. The van der Waals surface area contributed by atoms with E-state index in [4.69, 9.17) is 10.2 Å². The summed E-state index contributed by atoms with van der Waals surface area (Å²) in [6.45, 7) is 0.194. The molecule has 0 bridgehead atoms. The van der Waals surface area contributed by atoms with E-state index in [1.165, 1.54) is 0 Å². The largest absolute Gasteiger partial charge is 0.396 e. The summed E-state index contributed by atoms with van der Waals surface area (Å²) in [5.74, 6) is 0.434. The van der Waals surface area contributed by atoms with Gasteiger partial charge in [-0.3, -0.25) is 0 Å². The fraction of sp³-hybridized carbons (Fsp3) is 0.200. The average molecular weight is 376 g/mol. The van der Waals surface area contributed by atoms with Gasteiger partial charge in [-0.15, -0.1) is 5.10 Å². The smallest absolute Gasteiger partial charge is 0.229 e. The lowest BCUT2D eigenvalue weighted by molar-refractivity contribution is 0.299. The van der Waals surface area contributed by atoms with E-state index in [-0.39, 0.29) is 13.2 Å². The van der Waals surface area contributed by atoms with Gasteiger partial charge in [0, 0.05) is 18.9 Å². The Labute approximate surface area is 161 Å². The van der Waals surface area contributed by atoms with Gasteiger partial charge in [-0.2, -0.15) is 9.67 Å². The van der Waals surface area contributed by atoms with Crippen molar-refractivity contribution in [1.82, 2.24) is 25.0 Å². The van der Waals surface area contributed by atoms with Crippen LogP contribution in [0, 0.1) is 0 Å². The molecule has 8 heteroatoms. The van der Waals surface area contributed by atoms with Crippen LogP contribution in [-0.2, 0) is 12.8 Å². The van der Waals surface area contributed by atoms with Gasteiger partial charge >= 0.3 is 0 Å². The number of rotatable bonds is 7. The second kappa shape index (κ2) is 8.12. The highest BCUT2D eigenvalue weighted by Gasteiger charge is 2.11. The summed E-state index contributed by atoms with van der Waals surface area (Å²) in [5, 5.41) is 29.8. The molecule has 0 atom stereocenters. The molecular formula is C20H20N6O2. The van der Waals surface area contributed by atoms with Crippen LogP contribution >= 0.6 is 0 Å². The molecule has 2 heterocycles. The Morgan fingerprint density at radius 2 is 1.68 bits per heavy atom. The molecule has 0 saturated carbocycles. The molecule has 2 aromatic heterocycles. The van der Waals surface area contributed by atoms with Gasteiger partial charge in [0.15, 0.2) is 11.2 Å². The monoisotopic (exact) mass is 376 g/mol. The second-order valence-electron chi connectivity index (χ2n) is 6.35. The van der Waals surface area contributed by atoms with Gasteiger partial charge in [-0.05, 0) is 48.2 Å². The Bertz CT molecular complexity index is 1090. The second-order valence-corrected chi connectivity index (χ2v) is 6.35. The summed E-state index contributed by atoms with van der Waals surface area (Å²) in [5.41, 5.74) is 4.88. The molecule has 0 aliphatic rings. The molecule has 0 aliphatic heterocycles. The van der Waals surface area contributed by atoms with Gasteiger partial charge < -0.3 is 15.5 Å². The SMILES string of the molecule is OCCc1cccc(Nc2ncc3nnn(-c4cccc(CCO)c4)c3n2)c1. The Hall–Kier alpha value is -3.36. The van der Waals surface area contributed by atoms with Crippen molar-refractivity contribution in [2.24, 2.45) is 0 Å². The van der Waals surface area contributed by atoms with Gasteiger partial charge in [0.05, 0.1) is 11.9 Å². The van der Waals surface area contributed by atoms with Gasteiger partial charge in [0.25, 0.3) is 0 Å². The van der Waals surface area contributed by atoms with E-state index >= 15 is 0 Å². The standard InChI is InChI=1S/C20H20N6O2/c27-9-7-14-3-1-5-16(11-14)22-20-21-13-18-19(23-20)26(25-24-18)17-6-2-4-15(12-17)8-10-28/h1-6,11-13,27-28H,7-10H2,(H,21,22,23). The molecule has 0 amide bonds. The molecule has 8 nitrogen and oxygen atoms in total. The van der Waals surface area contributed by atoms with Crippen molar-refractivity contribution in [3.63, 3.8) is 0 Å². The summed E-state index contributed by atoms with van der Waals surface area (Å²) in [6.07, 6.45) is 2.80. The number of aromatic nitrogens is 5. The Balaban J connectivity index is 1.66.